The van der Waals surface area contributed by atoms with Crippen LogP contribution in [-0.4, -0.2) is 68.5 Å². The molecule has 0 bridgehead atoms. The molecule has 0 spiro atoms. The SMILES string of the molecule is CC(C)CCCc1ccc(O)c2c1C[C@@H]1C[C@@H]3C(N(C)C)C(=O)C(C(N)=O)=C(O)[C@]3(O)C(=O)C1=C2O. The Hall–Kier alpha value is -3.17. The van der Waals surface area contributed by atoms with E-state index < -0.39 is 58.0 Å². The van der Waals surface area contributed by atoms with Gasteiger partial charge in [-0.05, 0) is 68.8 Å². The van der Waals surface area contributed by atoms with E-state index in [1.165, 1.54) is 11.0 Å². The highest BCUT2D eigenvalue weighted by atomic mass is 16.3. The Bertz CT molecular complexity index is 1210. The zero-order chi connectivity index (χ0) is 26.7. The fraction of sp³-hybridized carbons (Fsp3) is 0.519. The number of phenols is 1. The number of rotatable bonds is 6. The number of Topliss-reactive ketones (excluding diaryl/α,β-unsaturated/α-hetero) is 2. The van der Waals surface area contributed by atoms with Crippen molar-refractivity contribution in [2.45, 2.75) is 57.6 Å². The van der Waals surface area contributed by atoms with E-state index in [1.54, 1.807) is 14.1 Å². The predicted octanol–water partition coefficient (Wildman–Crippen LogP) is 1.94. The number of likely N-dealkylation sites (N-methyl/N-ethyl adjacent to an activating group) is 1. The van der Waals surface area contributed by atoms with E-state index in [0.29, 0.717) is 12.3 Å². The molecule has 9 nitrogen and oxygen atoms in total. The largest absolute Gasteiger partial charge is 0.508 e. The minimum absolute atomic E-state index is 0.0901. The number of hydrogen-bond acceptors (Lipinski definition) is 8. The van der Waals surface area contributed by atoms with E-state index in [4.69, 9.17) is 5.73 Å². The van der Waals surface area contributed by atoms with Crippen LogP contribution < -0.4 is 5.73 Å². The standard InChI is InChI=1S/C27H34N2O7/c1-12(2)6-5-7-13-8-9-17(30)19-15(13)10-14-11-16-21(29(3)4)23(32)20(26(28)35)25(34)27(16,36)24(33)18(14)22(19)31/h8-9,12,14,16,21,30-31,34,36H,5-7,10-11H2,1-4H3,(H2,28,35)/t14-,16-,21?,27-/m1/s1. The summed E-state index contributed by atoms with van der Waals surface area (Å²) in [6.07, 6.45) is 3.08. The van der Waals surface area contributed by atoms with E-state index in [0.717, 1.165) is 30.4 Å². The lowest BCUT2D eigenvalue weighted by Gasteiger charge is -2.50. The van der Waals surface area contributed by atoms with Crippen molar-refractivity contribution in [1.82, 2.24) is 4.90 Å². The Labute approximate surface area is 209 Å². The number of aliphatic hydroxyl groups excluding tert-OH is 2. The van der Waals surface area contributed by atoms with Gasteiger partial charge in [0.25, 0.3) is 5.91 Å². The summed E-state index contributed by atoms with van der Waals surface area (Å²) in [6, 6.07) is 2.22. The molecule has 0 heterocycles. The molecule has 194 valence electrons. The van der Waals surface area contributed by atoms with Gasteiger partial charge in [0.15, 0.2) is 11.4 Å². The number of aliphatic hydroxyl groups is 3. The molecule has 0 saturated heterocycles. The summed E-state index contributed by atoms with van der Waals surface area (Å²) in [5.41, 5.74) is 3.63. The van der Waals surface area contributed by atoms with E-state index in [1.807, 2.05) is 6.07 Å². The Balaban J connectivity index is 1.88. The van der Waals surface area contributed by atoms with Gasteiger partial charge in [0.05, 0.1) is 11.6 Å². The topological polar surface area (TPSA) is 161 Å². The summed E-state index contributed by atoms with van der Waals surface area (Å²) in [7, 11) is 3.16. The van der Waals surface area contributed by atoms with Crippen LogP contribution in [0.4, 0.5) is 0 Å². The van der Waals surface area contributed by atoms with Crippen molar-refractivity contribution in [3.8, 4) is 5.75 Å². The molecule has 0 aliphatic heterocycles. The van der Waals surface area contributed by atoms with E-state index in [2.05, 4.69) is 13.8 Å². The molecule has 3 aliphatic carbocycles. The summed E-state index contributed by atoms with van der Waals surface area (Å²) in [6.45, 7) is 4.28. The van der Waals surface area contributed by atoms with Crippen LogP contribution in [0, 0.1) is 17.8 Å². The number of ketones is 2. The van der Waals surface area contributed by atoms with Crippen LogP contribution in [0.25, 0.3) is 5.76 Å². The molecule has 3 aliphatic rings. The highest BCUT2D eigenvalue weighted by Crippen LogP contribution is 2.53. The Kier molecular flexibility index (Phi) is 6.51. The summed E-state index contributed by atoms with van der Waals surface area (Å²) in [5.74, 6) is -5.81. The van der Waals surface area contributed by atoms with Gasteiger partial charge in [-0.15, -0.1) is 0 Å². The molecule has 1 amide bonds. The molecular formula is C27H34N2O7. The van der Waals surface area contributed by atoms with E-state index >= 15 is 0 Å². The van der Waals surface area contributed by atoms with Gasteiger partial charge in [-0.2, -0.15) is 0 Å². The maximum Gasteiger partial charge on any atom is 0.255 e. The Morgan fingerprint density at radius 3 is 2.44 bits per heavy atom. The third kappa shape index (κ3) is 3.72. The number of hydrogen-bond donors (Lipinski definition) is 5. The van der Waals surface area contributed by atoms with Crippen molar-refractivity contribution in [2.24, 2.45) is 23.5 Å². The molecule has 1 saturated carbocycles. The zero-order valence-corrected chi connectivity index (χ0v) is 21.0. The summed E-state index contributed by atoms with van der Waals surface area (Å²) in [4.78, 5) is 40.5. The number of carbonyl (C=O) groups is 3. The number of carbonyl (C=O) groups excluding carboxylic acids is 3. The van der Waals surface area contributed by atoms with Gasteiger partial charge in [-0.3, -0.25) is 19.3 Å². The van der Waals surface area contributed by atoms with Crippen molar-refractivity contribution in [1.29, 1.82) is 0 Å². The molecule has 1 aromatic carbocycles. The molecule has 36 heavy (non-hydrogen) atoms. The number of primary amides is 1. The number of aromatic hydroxyl groups is 1. The van der Waals surface area contributed by atoms with E-state index in [9.17, 15) is 34.8 Å². The van der Waals surface area contributed by atoms with Crippen molar-refractivity contribution >= 4 is 23.2 Å². The zero-order valence-electron chi connectivity index (χ0n) is 21.0. The number of amides is 1. The molecule has 0 radical (unpaired) electrons. The van der Waals surface area contributed by atoms with Crippen LogP contribution in [0.5, 0.6) is 5.75 Å². The minimum Gasteiger partial charge on any atom is -0.508 e. The van der Waals surface area contributed by atoms with Gasteiger partial charge in [0, 0.05) is 11.5 Å². The van der Waals surface area contributed by atoms with Crippen LogP contribution in [-0.2, 0) is 27.2 Å². The average molecular weight is 499 g/mol. The smallest absolute Gasteiger partial charge is 0.255 e. The van der Waals surface area contributed by atoms with Crippen LogP contribution >= 0.6 is 0 Å². The molecule has 9 heteroatoms. The van der Waals surface area contributed by atoms with Crippen molar-refractivity contribution in [3.05, 3.63) is 45.7 Å². The summed E-state index contributed by atoms with van der Waals surface area (Å²) in [5, 5.41) is 44.4. The van der Waals surface area contributed by atoms with Gasteiger partial charge in [-0.25, -0.2) is 0 Å². The second kappa shape index (κ2) is 9.05. The fourth-order valence-corrected chi connectivity index (χ4v) is 6.24. The van der Waals surface area contributed by atoms with E-state index in [-0.39, 0.29) is 23.3 Å². The predicted molar refractivity (Wildman–Crippen MR) is 132 cm³/mol. The van der Waals surface area contributed by atoms with Gasteiger partial charge < -0.3 is 26.2 Å². The molecular weight excluding hydrogens is 464 g/mol. The number of benzene rings is 1. The van der Waals surface area contributed by atoms with Gasteiger partial charge >= 0.3 is 0 Å². The van der Waals surface area contributed by atoms with Gasteiger partial charge in [0.1, 0.15) is 22.8 Å². The second-order valence-electron chi connectivity index (χ2n) is 10.8. The quantitative estimate of drug-likeness (QED) is 0.372. The summed E-state index contributed by atoms with van der Waals surface area (Å²) >= 11 is 0. The first kappa shape index (κ1) is 25.9. The number of fused-ring (bicyclic) bond motifs is 3. The van der Waals surface area contributed by atoms with Gasteiger partial charge in [0.2, 0.25) is 5.78 Å². The number of phenolic OH excluding ortho intramolecular Hbond substituents is 1. The maximum absolute atomic E-state index is 13.8. The first-order valence-corrected chi connectivity index (χ1v) is 12.3. The molecule has 4 rings (SSSR count). The lowest BCUT2D eigenvalue weighted by atomic mass is 9.57. The third-order valence-corrected chi connectivity index (χ3v) is 7.93. The fourth-order valence-electron chi connectivity index (χ4n) is 6.24. The highest BCUT2D eigenvalue weighted by molar-refractivity contribution is 6.24. The molecule has 1 unspecified atom stereocenters. The van der Waals surface area contributed by atoms with Gasteiger partial charge in [-0.1, -0.05) is 26.3 Å². The number of nitrogens with zero attached hydrogens (tertiary/aromatic N) is 1. The molecule has 0 aromatic heterocycles. The second-order valence-corrected chi connectivity index (χ2v) is 10.8. The van der Waals surface area contributed by atoms with Crippen molar-refractivity contribution < 1.29 is 34.8 Å². The monoisotopic (exact) mass is 498 g/mol. The highest BCUT2D eigenvalue weighted by Gasteiger charge is 2.64. The third-order valence-electron chi connectivity index (χ3n) is 7.93. The number of nitrogens with two attached hydrogens (primary N) is 1. The first-order valence-electron chi connectivity index (χ1n) is 12.3. The van der Waals surface area contributed by atoms with Crippen LogP contribution in [0.15, 0.2) is 29.0 Å². The van der Waals surface area contributed by atoms with Crippen molar-refractivity contribution in [3.63, 3.8) is 0 Å². The lowest BCUT2D eigenvalue weighted by Crippen LogP contribution is -2.65. The number of aryl methyl sites for hydroxylation is 1. The van der Waals surface area contributed by atoms with Crippen LogP contribution in [0.2, 0.25) is 0 Å². The lowest BCUT2D eigenvalue weighted by molar-refractivity contribution is -0.153. The molecule has 4 atom stereocenters. The molecule has 6 N–H and O–H groups in total. The normalized spacial score (nSPS) is 27.9. The average Bonchev–Trinajstić information content (AvgIpc) is 2.77. The maximum atomic E-state index is 13.8. The Morgan fingerprint density at radius 1 is 1.19 bits per heavy atom. The minimum atomic E-state index is -2.62. The Morgan fingerprint density at radius 2 is 1.86 bits per heavy atom. The molecule has 1 fully saturated rings. The van der Waals surface area contributed by atoms with Crippen LogP contribution in [0.1, 0.15) is 49.8 Å². The van der Waals surface area contributed by atoms with Crippen molar-refractivity contribution in [2.75, 3.05) is 14.1 Å². The van der Waals surface area contributed by atoms with Crippen LogP contribution in [0.3, 0.4) is 0 Å². The molecule has 1 aromatic rings. The first-order chi connectivity index (χ1) is 16.8. The summed E-state index contributed by atoms with van der Waals surface area (Å²) < 4.78 is 0.